The van der Waals surface area contributed by atoms with Crippen molar-refractivity contribution in [2.45, 2.75) is 58.7 Å². The summed E-state index contributed by atoms with van der Waals surface area (Å²) >= 11 is 0. The lowest BCUT2D eigenvalue weighted by Gasteiger charge is -2.55. The number of benzene rings is 1. The van der Waals surface area contributed by atoms with E-state index < -0.39 is 0 Å². The van der Waals surface area contributed by atoms with Gasteiger partial charge in [0, 0.05) is 18.1 Å². The van der Waals surface area contributed by atoms with Crippen molar-refractivity contribution in [3.05, 3.63) is 23.8 Å². The maximum absolute atomic E-state index is 6.15. The van der Waals surface area contributed by atoms with E-state index in [0.29, 0.717) is 36.1 Å². The molecule has 0 bridgehead atoms. The number of ether oxygens (including phenoxy) is 3. The van der Waals surface area contributed by atoms with Crippen molar-refractivity contribution in [2.75, 3.05) is 20.8 Å². The molecule has 1 aliphatic rings. The summed E-state index contributed by atoms with van der Waals surface area (Å²) in [6, 6.07) is 6.08. The Hall–Kier alpha value is -1.22. The highest BCUT2D eigenvalue weighted by molar-refractivity contribution is 14.0. The fraction of sp³-hybridized carbons (Fsp3) is 0.650. The lowest BCUT2D eigenvalue weighted by atomic mass is 9.58. The highest BCUT2D eigenvalue weighted by Crippen LogP contribution is 2.48. The van der Waals surface area contributed by atoms with E-state index in [9.17, 15) is 0 Å². The molecule has 154 valence electrons. The Morgan fingerprint density at radius 3 is 2.41 bits per heavy atom. The minimum Gasteiger partial charge on any atom is -0.493 e. The number of nitrogens with zero attached hydrogens (tertiary/aromatic N) is 1. The van der Waals surface area contributed by atoms with Gasteiger partial charge in [-0.3, -0.25) is 0 Å². The predicted molar refractivity (Wildman–Crippen MR) is 120 cm³/mol. The van der Waals surface area contributed by atoms with Gasteiger partial charge in [0.1, 0.15) is 0 Å². The molecule has 27 heavy (non-hydrogen) atoms. The molecule has 2 atom stereocenters. The van der Waals surface area contributed by atoms with E-state index in [1.54, 1.807) is 14.2 Å². The fourth-order valence-electron chi connectivity index (χ4n) is 3.96. The average Bonchev–Trinajstić information content (AvgIpc) is 2.66. The molecule has 0 aromatic heterocycles. The van der Waals surface area contributed by atoms with Crippen LogP contribution in [-0.4, -0.2) is 38.9 Å². The fourth-order valence-corrected chi connectivity index (χ4v) is 3.96. The van der Waals surface area contributed by atoms with Crippen LogP contribution in [0.1, 0.15) is 45.6 Å². The Balaban J connectivity index is 0.00000364. The monoisotopic (exact) mass is 491 g/mol. The molecule has 2 rings (SSSR count). The third-order valence-corrected chi connectivity index (χ3v) is 5.67. The Morgan fingerprint density at radius 1 is 1.19 bits per heavy atom. The molecule has 0 saturated heterocycles. The van der Waals surface area contributed by atoms with E-state index >= 15 is 0 Å². The number of hydrogen-bond acceptors (Lipinski definition) is 4. The van der Waals surface area contributed by atoms with Gasteiger partial charge in [-0.15, -0.1) is 24.0 Å². The molecule has 1 aliphatic carbocycles. The largest absolute Gasteiger partial charge is 0.493 e. The second-order valence-electron chi connectivity index (χ2n) is 6.71. The van der Waals surface area contributed by atoms with Gasteiger partial charge in [0.05, 0.1) is 26.9 Å². The summed E-state index contributed by atoms with van der Waals surface area (Å²) in [5, 5.41) is 3.41. The number of rotatable bonds is 9. The van der Waals surface area contributed by atoms with E-state index in [1.165, 1.54) is 0 Å². The second kappa shape index (κ2) is 10.9. The molecule has 7 heteroatoms. The van der Waals surface area contributed by atoms with E-state index in [0.717, 1.165) is 31.4 Å². The van der Waals surface area contributed by atoms with Crippen molar-refractivity contribution in [1.29, 1.82) is 0 Å². The summed E-state index contributed by atoms with van der Waals surface area (Å²) in [5.41, 5.74) is 7.31. The quantitative estimate of drug-likeness (QED) is 0.313. The van der Waals surface area contributed by atoms with E-state index in [1.807, 2.05) is 18.2 Å². The molecule has 3 N–H and O–H groups in total. The molecular weight excluding hydrogens is 457 g/mol. The van der Waals surface area contributed by atoms with E-state index in [2.05, 4.69) is 31.1 Å². The molecule has 0 amide bonds. The van der Waals surface area contributed by atoms with Crippen LogP contribution in [0.2, 0.25) is 0 Å². The van der Waals surface area contributed by atoms with Gasteiger partial charge in [-0.25, -0.2) is 4.99 Å². The van der Waals surface area contributed by atoms with Gasteiger partial charge in [-0.2, -0.15) is 0 Å². The van der Waals surface area contributed by atoms with Crippen LogP contribution < -0.4 is 20.5 Å². The number of nitrogens with one attached hydrogen (secondary N) is 1. The third-order valence-electron chi connectivity index (χ3n) is 5.67. The van der Waals surface area contributed by atoms with Gasteiger partial charge in [0.2, 0.25) is 0 Å². The summed E-state index contributed by atoms with van der Waals surface area (Å²) in [7, 11) is 3.25. The van der Waals surface area contributed by atoms with Gasteiger partial charge < -0.3 is 25.3 Å². The summed E-state index contributed by atoms with van der Waals surface area (Å²) in [5.74, 6) is 1.88. The van der Waals surface area contributed by atoms with Gasteiger partial charge in [0.15, 0.2) is 17.5 Å². The number of methoxy groups -OCH3 is 2. The summed E-state index contributed by atoms with van der Waals surface area (Å²) in [6.07, 6.45) is 3.41. The van der Waals surface area contributed by atoms with Crippen LogP contribution >= 0.6 is 24.0 Å². The summed E-state index contributed by atoms with van der Waals surface area (Å²) < 4.78 is 16.5. The number of nitrogens with two attached hydrogens (primary N) is 1. The van der Waals surface area contributed by atoms with Crippen LogP contribution in [0.25, 0.3) is 0 Å². The standard InChI is InChI=1S/C20H33N3O3.HI/c1-6-20(7-2)17(12-18(20)26-8-3)23-19(21)22-13-14-9-10-15(24-4)16(11-14)25-5;/h9-11,17-18H,6-8,12-13H2,1-5H3,(H3,21,22,23);1H. The first-order valence-corrected chi connectivity index (χ1v) is 9.43. The van der Waals surface area contributed by atoms with Crippen molar-refractivity contribution in [1.82, 2.24) is 5.32 Å². The van der Waals surface area contributed by atoms with Crippen LogP contribution in [0.4, 0.5) is 0 Å². The van der Waals surface area contributed by atoms with Crippen LogP contribution in [0.15, 0.2) is 23.2 Å². The van der Waals surface area contributed by atoms with Gasteiger partial charge in [0.25, 0.3) is 0 Å². The Kier molecular flexibility index (Phi) is 9.66. The molecule has 1 aromatic carbocycles. The van der Waals surface area contributed by atoms with Crippen molar-refractivity contribution < 1.29 is 14.2 Å². The highest BCUT2D eigenvalue weighted by Gasteiger charge is 2.53. The van der Waals surface area contributed by atoms with Gasteiger partial charge >= 0.3 is 0 Å². The zero-order chi connectivity index (χ0) is 19.2. The molecule has 1 fully saturated rings. The molecule has 2 unspecified atom stereocenters. The topological polar surface area (TPSA) is 78.1 Å². The summed E-state index contributed by atoms with van der Waals surface area (Å²) in [4.78, 5) is 4.50. The second-order valence-corrected chi connectivity index (χ2v) is 6.71. The summed E-state index contributed by atoms with van der Waals surface area (Å²) in [6.45, 7) is 7.74. The smallest absolute Gasteiger partial charge is 0.189 e. The highest BCUT2D eigenvalue weighted by atomic mass is 127. The lowest BCUT2D eigenvalue weighted by molar-refractivity contribution is -0.133. The zero-order valence-corrected chi connectivity index (χ0v) is 19.4. The average molecular weight is 491 g/mol. The lowest BCUT2D eigenvalue weighted by Crippen LogP contribution is -2.65. The zero-order valence-electron chi connectivity index (χ0n) is 17.1. The van der Waals surface area contributed by atoms with Crippen LogP contribution in [0, 0.1) is 5.41 Å². The first-order valence-electron chi connectivity index (χ1n) is 9.43. The molecule has 0 spiro atoms. The molecule has 6 nitrogen and oxygen atoms in total. The maximum Gasteiger partial charge on any atom is 0.189 e. The minimum absolute atomic E-state index is 0. The number of halogens is 1. The third kappa shape index (κ3) is 5.19. The Morgan fingerprint density at radius 2 is 1.85 bits per heavy atom. The van der Waals surface area contributed by atoms with E-state index in [4.69, 9.17) is 19.9 Å². The molecule has 1 aromatic rings. The van der Waals surface area contributed by atoms with Crippen LogP contribution in [0.5, 0.6) is 11.5 Å². The number of guanidine groups is 1. The molecular formula is C20H34IN3O3. The Labute approximate surface area is 180 Å². The van der Waals surface area contributed by atoms with Crippen molar-refractivity contribution >= 4 is 29.9 Å². The minimum atomic E-state index is 0. The van der Waals surface area contributed by atoms with Gasteiger partial charge in [-0.1, -0.05) is 19.9 Å². The Bertz CT molecular complexity index is 620. The molecule has 0 heterocycles. The first-order chi connectivity index (χ1) is 12.5. The van der Waals surface area contributed by atoms with Crippen LogP contribution in [-0.2, 0) is 11.3 Å². The normalized spacial score (nSPS) is 21.0. The van der Waals surface area contributed by atoms with Crippen molar-refractivity contribution in [2.24, 2.45) is 16.1 Å². The SMILES string of the molecule is CCOC1CC(NC(N)=NCc2ccc(OC)c(OC)c2)C1(CC)CC.I. The van der Waals surface area contributed by atoms with Crippen molar-refractivity contribution in [3.63, 3.8) is 0 Å². The van der Waals surface area contributed by atoms with Crippen LogP contribution in [0.3, 0.4) is 0 Å². The number of aliphatic imine (C=N–C) groups is 1. The number of hydrogen-bond donors (Lipinski definition) is 2. The van der Waals surface area contributed by atoms with E-state index in [-0.39, 0.29) is 29.4 Å². The molecule has 1 saturated carbocycles. The predicted octanol–water partition coefficient (Wildman–Crippen LogP) is 3.71. The first kappa shape index (κ1) is 23.8. The molecule has 0 aliphatic heterocycles. The maximum atomic E-state index is 6.15. The molecule has 0 radical (unpaired) electrons. The van der Waals surface area contributed by atoms with Crippen molar-refractivity contribution in [3.8, 4) is 11.5 Å². The van der Waals surface area contributed by atoms with Gasteiger partial charge in [-0.05, 0) is 43.9 Å².